The van der Waals surface area contributed by atoms with Crippen molar-refractivity contribution in [3.05, 3.63) is 29.8 Å². The fourth-order valence-electron chi connectivity index (χ4n) is 3.19. The van der Waals surface area contributed by atoms with Crippen molar-refractivity contribution in [3.63, 3.8) is 0 Å². The highest BCUT2D eigenvalue weighted by molar-refractivity contribution is 7.89. The number of hydrogen-bond acceptors (Lipinski definition) is 5. The Bertz CT molecular complexity index is 711. The summed E-state index contributed by atoms with van der Waals surface area (Å²) in [5, 5.41) is 6.34. The number of benzene rings is 1. The van der Waals surface area contributed by atoms with Gasteiger partial charge >= 0.3 is 0 Å². The highest BCUT2D eigenvalue weighted by Crippen LogP contribution is 2.30. The van der Waals surface area contributed by atoms with Crippen molar-refractivity contribution in [3.8, 4) is 0 Å². The van der Waals surface area contributed by atoms with Gasteiger partial charge in [-0.15, -0.1) is 12.4 Å². The summed E-state index contributed by atoms with van der Waals surface area (Å²) in [4.78, 5) is 13.1. The number of rotatable bonds is 7. The van der Waals surface area contributed by atoms with Crippen molar-refractivity contribution in [2.75, 3.05) is 40.9 Å². The topological polar surface area (TPSA) is 87.7 Å². The predicted molar refractivity (Wildman–Crippen MR) is 108 cm³/mol. The molecule has 1 heterocycles. The molecule has 1 aromatic carbocycles. The van der Waals surface area contributed by atoms with Gasteiger partial charge in [-0.3, -0.25) is 4.79 Å². The Kier molecular flexibility index (Phi) is 8.69. The molecule has 2 N–H and O–H groups in total. The minimum atomic E-state index is -3.45. The maximum atomic E-state index is 12.9. The van der Waals surface area contributed by atoms with Gasteiger partial charge < -0.3 is 15.4 Å². The first-order valence-electron chi connectivity index (χ1n) is 8.76. The van der Waals surface area contributed by atoms with Crippen LogP contribution in [0.5, 0.6) is 0 Å². The number of hydrogen-bond donors (Lipinski definition) is 2. The second kappa shape index (κ2) is 9.84. The van der Waals surface area contributed by atoms with Crippen LogP contribution in [-0.2, 0) is 19.6 Å². The van der Waals surface area contributed by atoms with Crippen LogP contribution in [0.3, 0.4) is 0 Å². The van der Waals surface area contributed by atoms with Gasteiger partial charge in [0.1, 0.15) is 0 Å². The highest BCUT2D eigenvalue weighted by atomic mass is 35.5. The molecular weight excluding hydrogens is 390 g/mol. The second-order valence-electron chi connectivity index (χ2n) is 7.01. The van der Waals surface area contributed by atoms with Crippen LogP contribution >= 0.6 is 12.4 Å². The fourth-order valence-corrected chi connectivity index (χ4v) is 4.09. The molecule has 0 aromatic heterocycles. The van der Waals surface area contributed by atoms with Gasteiger partial charge in [-0.1, -0.05) is 12.1 Å². The quantitative estimate of drug-likeness (QED) is 0.700. The third kappa shape index (κ3) is 5.42. The van der Waals surface area contributed by atoms with Crippen molar-refractivity contribution >= 4 is 28.3 Å². The third-order valence-electron chi connectivity index (χ3n) is 4.97. The summed E-state index contributed by atoms with van der Waals surface area (Å²) in [6.07, 6.45) is 1.47. The normalized spacial score (nSPS) is 17.8. The van der Waals surface area contributed by atoms with Crippen LogP contribution in [0.4, 0.5) is 0 Å². The van der Waals surface area contributed by atoms with Crippen molar-refractivity contribution < 1.29 is 17.9 Å². The Labute approximate surface area is 168 Å². The summed E-state index contributed by atoms with van der Waals surface area (Å²) < 4.78 is 30.8. The molecule has 27 heavy (non-hydrogen) atoms. The molecule has 1 amide bonds. The van der Waals surface area contributed by atoms with E-state index in [2.05, 4.69) is 10.6 Å². The van der Waals surface area contributed by atoms with Gasteiger partial charge in [0.05, 0.1) is 23.0 Å². The largest absolute Gasteiger partial charge is 0.384 e. The van der Waals surface area contributed by atoms with Gasteiger partial charge in [-0.2, -0.15) is 0 Å². The molecule has 1 aliphatic heterocycles. The van der Waals surface area contributed by atoms with E-state index in [0.29, 0.717) is 6.61 Å². The van der Waals surface area contributed by atoms with E-state index >= 15 is 0 Å². The number of nitrogens with zero attached hydrogens (tertiary/aromatic N) is 1. The lowest BCUT2D eigenvalue weighted by Gasteiger charge is -2.36. The lowest BCUT2D eigenvalue weighted by atomic mass is 9.78. The molecule has 2 rings (SSSR count). The van der Waals surface area contributed by atoms with Crippen molar-refractivity contribution in [2.24, 2.45) is 5.41 Å². The molecule has 154 valence electrons. The molecule has 0 spiro atoms. The number of carbonyl (C=O) groups is 1. The zero-order valence-electron chi connectivity index (χ0n) is 16.3. The van der Waals surface area contributed by atoms with E-state index in [-0.39, 0.29) is 29.3 Å². The molecule has 9 heteroatoms. The van der Waals surface area contributed by atoms with Gasteiger partial charge in [-0.05, 0) is 50.6 Å². The summed E-state index contributed by atoms with van der Waals surface area (Å²) in [6, 6.07) is 6.41. The first-order chi connectivity index (χ1) is 12.2. The first kappa shape index (κ1) is 23.8. The van der Waals surface area contributed by atoms with E-state index in [9.17, 15) is 13.2 Å². The van der Waals surface area contributed by atoms with Crippen LogP contribution in [0.1, 0.15) is 31.4 Å². The Balaban J connectivity index is 0.00000364. The van der Waals surface area contributed by atoms with Gasteiger partial charge in [-0.25, -0.2) is 12.7 Å². The molecule has 0 aliphatic carbocycles. The smallest absolute Gasteiger partial charge is 0.242 e. The summed E-state index contributed by atoms with van der Waals surface area (Å²) >= 11 is 0. The fraction of sp³-hybridized carbons (Fsp3) is 0.611. The van der Waals surface area contributed by atoms with Crippen LogP contribution < -0.4 is 10.6 Å². The van der Waals surface area contributed by atoms with Crippen LogP contribution in [0.2, 0.25) is 0 Å². The molecule has 0 radical (unpaired) electrons. The SMILES string of the molecule is COCC1(C(=O)NC(C)c2ccc(S(=O)(=O)N(C)C)cc2)CCNCC1.Cl. The third-order valence-corrected chi connectivity index (χ3v) is 6.80. The number of carbonyl (C=O) groups excluding carboxylic acids is 1. The summed E-state index contributed by atoms with van der Waals surface area (Å²) in [5.41, 5.74) is 0.347. The summed E-state index contributed by atoms with van der Waals surface area (Å²) in [6.45, 7) is 3.88. The maximum Gasteiger partial charge on any atom is 0.242 e. The van der Waals surface area contributed by atoms with Gasteiger partial charge in [0.2, 0.25) is 15.9 Å². The van der Waals surface area contributed by atoms with E-state index in [4.69, 9.17) is 4.74 Å². The molecule has 1 fully saturated rings. The number of amides is 1. The van der Waals surface area contributed by atoms with Crippen molar-refractivity contribution in [1.29, 1.82) is 0 Å². The standard InChI is InChI=1S/C18H29N3O4S.ClH/c1-14(15-5-7-16(8-6-15)26(23,24)21(2)3)20-17(22)18(13-25-4)9-11-19-12-10-18;/h5-8,14,19H,9-13H2,1-4H3,(H,20,22);1H. The molecule has 1 saturated heterocycles. The van der Waals surface area contributed by atoms with Crippen LogP contribution in [0, 0.1) is 5.41 Å². The number of nitrogens with one attached hydrogen (secondary N) is 2. The summed E-state index contributed by atoms with van der Waals surface area (Å²) in [7, 11) is 1.16. The maximum absolute atomic E-state index is 12.9. The average Bonchev–Trinajstić information content (AvgIpc) is 2.62. The van der Waals surface area contributed by atoms with Crippen LogP contribution in [-0.4, -0.2) is 59.5 Å². The number of sulfonamides is 1. The number of halogens is 1. The van der Waals surface area contributed by atoms with Gasteiger partial charge in [0.15, 0.2) is 0 Å². The van der Waals surface area contributed by atoms with Gasteiger partial charge in [0, 0.05) is 21.2 Å². The number of ether oxygens (including phenoxy) is 1. The Morgan fingerprint density at radius 1 is 1.26 bits per heavy atom. The Morgan fingerprint density at radius 2 is 1.81 bits per heavy atom. The van der Waals surface area contributed by atoms with Crippen LogP contribution in [0.25, 0.3) is 0 Å². The van der Waals surface area contributed by atoms with E-state index < -0.39 is 15.4 Å². The highest BCUT2D eigenvalue weighted by Gasteiger charge is 2.40. The lowest BCUT2D eigenvalue weighted by Crippen LogP contribution is -2.50. The molecule has 1 unspecified atom stereocenters. The molecular formula is C18H30ClN3O4S. The monoisotopic (exact) mass is 419 g/mol. The minimum absolute atomic E-state index is 0. The zero-order valence-corrected chi connectivity index (χ0v) is 18.0. The molecule has 0 saturated carbocycles. The molecule has 1 aliphatic rings. The van der Waals surface area contributed by atoms with Crippen molar-refractivity contribution in [2.45, 2.75) is 30.7 Å². The molecule has 1 atom stereocenters. The van der Waals surface area contributed by atoms with Crippen LogP contribution in [0.15, 0.2) is 29.2 Å². The predicted octanol–water partition coefficient (Wildman–Crippen LogP) is 1.55. The first-order valence-corrected chi connectivity index (χ1v) is 10.2. The van der Waals surface area contributed by atoms with E-state index in [1.165, 1.54) is 18.4 Å². The lowest BCUT2D eigenvalue weighted by molar-refractivity contribution is -0.136. The second-order valence-corrected chi connectivity index (χ2v) is 9.17. The van der Waals surface area contributed by atoms with Crippen molar-refractivity contribution in [1.82, 2.24) is 14.9 Å². The molecule has 1 aromatic rings. The van der Waals surface area contributed by atoms with E-state index in [0.717, 1.165) is 31.5 Å². The van der Waals surface area contributed by atoms with E-state index in [1.807, 2.05) is 6.92 Å². The average molecular weight is 420 g/mol. The number of piperidine rings is 1. The Hall–Kier alpha value is -1.19. The minimum Gasteiger partial charge on any atom is -0.384 e. The Morgan fingerprint density at radius 3 is 2.30 bits per heavy atom. The van der Waals surface area contributed by atoms with E-state index in [1.54, 1.807) is 31.4 Å². The number of methoxy groups -OCH3 is 1. The molecule has 0 bridgehead atoms. The molecule has 7 nitrogen and oxygen atoms in total. The zero-order chi connectivity index (χ0) is 19.4. The summed E-state index contributed by atoms with van der Waals surface area (Å²) in [5.74, 6) is -0.0154. The van der Waals surface area contributed by atoms with Gasteiger partial charge in [0.25, 0.3) is 0 Å².